The number of carboxylic acid groups (broad SMARTS) is 1. The lowest BCUT2D eigenvalue weighted by molar-refractivity contribution is -0.119. The molecule has 110 valence electrons. The van der Waals surface area contributed by atoms with Crippen molar-refractivity contribution in [2.45, 2.75) is 52.4 Å². The largest absolute Gasteiger partial charge is 0.478 e. The van der Waals surface area contributed by atoms with Crippen molar-refractivity contribution in [1.82, 2.24) is 0 Å². The molecule has 0 fully saturated rings. The monoisotopic (exact) mass is 295 g/mol. The first-order valence-electron chi connectivity index (χ1n) is 7.23. The molecule has 2 rings (SSSR count). The van der Waals surface area contributed by atoms with E-state index >= 15 is 0 Å². The molecule has 5 heteroatoms. The Labute approximate surface area is 123 Å². The number of carbonyl (C=O) groups is 2. The summed E-state index contributed by atoms with van der Waals surface area (Å²) < 4.78 is 0. The van der Waals surface area contributed by atoms with Crippen molar-refractivity contribution in [3.05, 3.63) is 16.0 Å². The predicted molar refractivity (Wildman–Crippen MR) is 80.6 cm³/mol. The van der Waals surface area contributed by atoms with Crippen LogP contribution in [0.3, 0.4) is 0 Å². The molecule has 1 aromatic heterocycles. The van der Waals surface area contributed by atoms with Gasteiger partial charge in [-0.3, -0.25) is 4.79 Å². The zero-order chi connectivity index (χ0) is 14.7. The zero-order valence-corrected chi connectivity index (χ0v) is 12.8. The van der Waals surface area contributed by atoms with Gasteiger partial charge in [0.1, 0.15) is 5.00 Å². The minimum absolute atomic E-state index is 0.0760. The van der Waals surface area contributed by atoms with Gasteiger partial charge in [0.2, 0.25) is 5.91 Å². The number of nitrogens with one attached hydrogen (secondary N) is 1. The van der Waals surface area contributed by atoms with Crippen LogP contribution in [0, 0.1) is 5.92 Å². The average Bonchev–Trinajstić information content (AvgIpc) is 2.76. The molecule has 1 unspecified atom stereocenters. The summed E-state index contributed by atoms with van der Waals surface area (Å²) in [5.41, 5.74) is 1.26. The number of carboxylic acids is 1. The number of rotatable bonds is 5. The van der Waals surface area contributed by atoms with Gasteiger partial charge in [0.25, 0.3) is 0 Å². The Morgan fingerprint density at radius 1 is 1.35 bits per heavy atom. The van der Waals surface area contributed by atoms with Crippen LogP contribution in [-0.4, -0.2) is 17.0 Å². The van der Waals surface area contributed by atoms with E-state index in [1.807, 2.05) is 13.8 Å². The number of fused-ring (bicyclic) bond motifs is 1. The first-order valence-corrected chi connectivity index (χ1v) is 8.05. The molecule has 0 radical (unpaired) electrons. The number of anilines is 1. The number of aryl methyl sites for hydroxylation is 1. The number of hydrogen-bond acceptors (Lipinski definition) is 3. The minimum Gasteiger partial charge on any atom is -0.478 e. The Morgan fingerprint density at radius 3 is 2.70 bits per heavy atom. The third kappa shape index (κ3) is 3.03. The van der Waals surface area contributed by atoms with Gasteiger partial charge in [0.05, 0.1) is 5.56 Å². The summed E-state index contributed by atoms with van der Waals surface area (Å²) in [5, 5.41) is 12.8. The summed E-state index contributed by atoms with van der Waals surface area (Å²) in [6, 6.07) is 0. The van der Waals surface area contributed by atoms with Gasteiger partial charge < -0.3 is 10.4 Å². The Morgan fingerprint density at radius 2 is 2.05 bits per heavy atom. The Balaban J connectivity index is 2.25. The summed E-state index contributed by atoms with van der Waals surface area (Å²) >= 11 is 1.44. The van der Waals surface area contributed by atoms with E-state index in [0.717, 1.165) is 49.0 Å². The first-order chi connectivity index (χ1) is 9.54. The van der Waals surface area contributed by atoms with E-state index in [-0.39, 0.29) is 11.8 Å². The van der Waals surface area contributed by atoms with Crippen LogP contribution in [0.25, 0.3) is 0 Å². The molecule has 1 heterocycles. The Hall–Kier alpha value is -1.36. The highest BCUT2D eigenvalue weighted by atomic mass is 32.1. The molecule has 0 aromatic carbocycles. The van der Waals surface area contributed by atoms with Crippen LogP contribution >= 0.6 is 11.3 Å². The fourth-order valence-corrected chi connectivity index (χ4v) is 3.96. The normalized spacial score (nSPS) is 15.5. The summed E-state index contributed by atoms with van der Waals surface area (Å²) in [5.74, 6) is -1.09. The minimum atomic E-state index is -0.928. The number of amides is 1. The van der Waals surface area contributed by atoms with E-state index in [2.05, 4.69) is 5.32 Å². The molecule has 1 aliphatic carbocycles. The van der Waals surface area contributed by atoms with E-state index in [4.69, 9.17) is 0 Å². The number of carbonyl (C=O) groups excluding carboxylic acids is 1. The molecular formula is C15H21NO3S. The van der Waals surface area contributed by atoms with Crippen molar-refractivity contribution in [2.24, 2.45) is 5.92 Å². The number of hydrogen-bond donors (Lipinski definition) is 2. The lowest BCUT2D eigenvalue weighted by Gasteiger charge is -2.11. The zero-order valence-electron chi connectivity index (χ0n) is 12.0. The van der Waals surface area contributed by atoms with Crippen LogP contribution in [-0.2, 0) is 17.6 Å². The molecule has 2 N–H and O–H groups in total. The Kier molecular flexibility index (Phi) is 4.81. The van der Waals surface area contributed by atoms with Crippen LogP contribution in [0.4, 0.5) is 5.00 Å². The Bertz CT molecular complexity index is 521. The van der Waals surface area contributed by atoms with E-state index in [1.165, 1.54) is 11.3 Å². The molecule has 0 aliphatic heterocycles. The second kappa shape index (κ2) is 6.39. The third-order valence-electron chi connectivity index (χ3n) is 3.79. The van der Waals surface area contributed by atoms with Crippen molar-refractivity contribution < 1.29 is 14.7 Å². The molecule has 20 heavy (non-hydrogen) atoms. The standard InChI is InChI=1S/C15H21NO3S/c1-3-6-9(2)13(17)16-14-12(15(18)19)10-7-4-5-8-11(10)20-14/h9H,3-8H2,1-2H3,(H,16,17)(H,18,19). The highest BCUT2D eigenvalue weighted by Gasteiger charge is 2.26. The fourth-order valence-electron chi connectivity index (χ4n) is 2.68. The second-order valence-electron chi connectivity index (χ2n) is 5.40. The summed E-state index contributed by atoms with van der Waals surface area (Å²) in [4.78, 5) is 24.7. The number of aromatic carboxylic acids is 1. The van der Waals surface area contributed by atoms with Crippen molar-refractivity contribution in [3.8, 4) is 0 Å². The molecule has 0 saturated heterocycles. The van der Waals surface area contributed by atoms with E-state index < -0.39 is 5.97 Å². The predicted octanol–water partition coefficient (Wildman–Crippen LogP) is 3.70. The maximum atomic E-state index is 12.1. The van der Waals surface area contributed by atoms with Crippen LogP contribution in [0.1, 0.15) is 60.3 Å². The lowest BCUT2D eigenvalue weighted by Crippen LogP contribution is -2.21. The fraction of sp³-hybridized carbons (Fsp3) is 0.600. The van der Waals surface area contributed by atoms with Gasteiger partial charge in [-0.05, 0) is 37.7 Å². The first kappa shape index (κ1) is 15.0. The molecule has 0 spiro atoms. The van der Waals surface area contributed by atoms with E-state index in [0.29, 0.717) is 10.6 Å². The maximum Gasteiger partial charge on any atom is 0.339 e. The van der Waals surface area contributed by atoms with Crippen molar-refractivity contribution in [2.75, 3.05) is 5.32 Å². The van der Waals surface area contributed by atoms with E-state index in [9.17, 15) is 14.7 Å². The lowest BCUT2D eigenvalue weighted by atomic mass is 9.95. The third-order valence-corrected chi connectivity index (χ3v) is 5.00. The molecule has 1 aromatic rings. The van der Waals surface area contributed by atoms with Gasteiger partial charge >= 0.3 is 5.97 Å². The van der Waals surface area contributed by atoms with Gasteiger partial charge in [-0.25, -0.2) is 4.79 Å². The average molecular weight is 295 g/mol. The smallest absolute Gasteiger partial charge is 0.339 e. The molecule has 1 atom stereocenters. The highest BCUT2D eigenvalue weighted by molar-refractivity contribution is 7.17. The molecule has 0 bridgehead atoms. The number of thiophene rings is 1. The molecule has 1 aliphatic rings. The van der Waals surface area contributed by atoms with Crippen molar-refractivity contribution >= 4 is 28.2 Å². The summed E-state index contributed by atoms with van der Waals surface area (Å²) in [6.45, 7) is 3.92. The second-order valence-corrected chi connectivity index (χ2v) is 6.50. The molecule has 4 nitrogen and oxygen atoms in total. The van der Waals surface area contributed by atoms with Crippen LogP contribution in [0.5, 0.6) is 0 Å². The van der Waals surface area contributed by atoms with Crippen molar-refractivity contribution in [3.63, 3.8) is 0 Å². The van der Waals surface area contributed by atoms with Gasteiger partial charge in [0, 0.05) is 10.8 Å². The molecular weight excluding hydrogens is 274 g/mol. The SMILES string of the molecule is CCCC(C)C(=O)Nc1sc2c(c1C(=O)O)CCCC2. The molecule has 0 saturated carbocycles. The van der Waals surface area contributed by atoms with Crippen LogP contribution in [0.15, 0.2) is 0 Å². The van der Waals surface area contributed by atoms with Crippen molar-refractivity contribution in [1.29, 1.82) is 0 Å². The topological polar surface area (TPSA) is 66.4 Å². The van der Waals surface area contributed by atoms with Gasteiger partial charge in [-0.1, -0.05) is 20.3 Å². The quantitative estimate of drug-likeness (QED) is 0.870. The van der Waals surface area contributed by atoms with Crippen LogP contribution < -0.4 is 5.32 Å². The van der Waals surface area contributed by atoms with Gasteiger partial charge in [0.15, 0.2) is 0 Å². The summed E-state index contributed by atoms with van der Waals surface area (Å²) in [7, 11) is 0. The van der Waals surface area contributed by atoms with Gasteiger partial charge in [-0.2, -0.15) is 0 Å². The van der Waals surface area contributed by atoms with E-state index in [1.54, 1.807) is 0 Å². The van der Waals surface area contributed by atoms with Crippen LogP contribution in [0.2, 0.25) is 0 Å². The molecule has 1 amide bonds. The maximum absolute atomic E-state index is 12.1. The summed E-state index contributed by atoms with van der Waals surface area (Å²) in [6.07, 6.45) is 5.64. The highest BCUT2D eigenvalue weighted by Crippen LogP contribution is 2.38. The van der Waals surface area contributed by atoms with Gasteiger partial charge in [-0.15, -0.1) is 11.3 Å².